The third kappa shape index (κ3) is 5.21. The fourth-order valence-corrected chi connectivity index (χ4v) is 5.08. The van der Waals surface area contributed by atoms with Gasteiger partial charge in [0.05, 0.1) is 22.4 Å². The van der Waals surface area contributed by atoms with E-state index in [1.54, 1.807) is 0 Å². The lowest BCUT2D eigenvalue weighted by molar-refractivity contribution is 0.00578. The van der Waals surface area contributed by atoms with E-state index in [0.717, 1.165) is 46.1 Å². The van der Waals surface area contributed by atoms with Crippen molar-refractivity contribution in [2.24, 2.45) is 0 Å². The summed E-state index contributed by atoms with van der Waals surface area (Å²) in [6.07, 6.45) is 1.55. The third-order valence-electron chi connectivity index (χ3n) is 8.85. The molecule has 0 spiro atoms. The van der Waals surface area contributed by atoms with Crippen molar-refractivity contribution in [1.29, 1.82) is 0 Å². The van der Waals surface area contributed by atoms with Gasteiger partial charge in [-0.15, -0.1) is 0 Å². The highest BCUT2D eigenvalue weighted by Crippen LogP contribution is 2.47. The highest BCUT2D eigenvalue weighted by atomic mass is 16.7. The normalized spacial score (nSPS) is 22.8. The van der Waals surface area contributed by atoms with Crippen LogP contribution in [0, 0.1) is 0 Å². The summed E-state index contributed by atoms with van der Waals surface area (Å²) in [6.45, 7) is 21.2. The van der Waals surface area contributed by atoms with Gasteiger partial charge < -0.3 is 18.6 Å². The third-order valence-corrected chi connectivity index (χ3v) is 8.85. The summed E-state index contributed by atoms with van der Waals surface area (Å²) in [4.78, 5) is 0. The van der Waals surface area contributed by atoms with Crippen molar-refractivity contribution in [3.63, 3.8) is 0 Å². The van der Waals surface area contributed by atoms with E-state index >= 15 is 0 Å². The monoisotopic (exact) mass is 514 g/mol. The first-order valence-corrected chi connectivity index (χ1v) is 14.0. The lowest BCUT2D eigenvalue weighted by Crippen LogP contribution is -2.41. The van der Waals surface area contributed by atoms with E-state index in [4.69, 9.17) is 18.6 Å². The fourth-order valence-electron chi connectivity index (χ4n) is 5.08. The summed E-state index contributed by atoms with van der Waals surface area (Å²) in [5.74, 6) is 0. The van der Waals surface area contributed by atoms with Gasteiger partial charge in [-0.1, -0.05) is 74.5 Å². The smallest absolute Gasteiger partial charge is 0.400 e. The molecule has 2 aromatic carbocycles. The zero-order valence-electron chi connectivity index (χ0n) is 25.0. The number of allylic oxidation sites excluding steroid dienone is 4. The van der Waals surface area contributed by atoms with Crippen LogP contribution in [0.3, 0.4) is 0 Å². The molecule has 0 unspecified atom stereocenters. The molecule has 0 aliphatic carbocycles. The van der Waals surface area contributed by atoms with Crippen LogP contribution in [0.5, 0.6) is 0 Å². The molecule has 2 aromatic rings. The van der Waals surface area contributed by atoms with E-state index in [2.05, 4.69) is 130 Å². The Balaban J connectivity index is 2.04. The van der Waals surface area contributed by atoms with Gasteiger partial charge in [-0.25, -0.2) is 0 Å². The van der Waals surface area contributed by atoms with Crippen molar-refractivity contribution in [3.05, 3.63) is 82.7 Å². The first-order valence-electron chi connectivity index (χ1n) is 14.0. The molecule has 6 heteroatoms. The van der Waals surface area contributed by atoms with Gasteiger partial charge in [-0.2, -0.15) is 0 Å². The maximum Gasteiger partial charge on any atom is 0.491 e. The Kier molecular flexibility index (Phi) is 7.95. The summed E-state index contributed by atoms with van der Waals surface area (Å²) < 4.78 is 26.6. The molecule has 2 saturated heterocycles. The Labute approximate surface area is 231 Å². The highest BCUT2D eigenvalue weighted by Gasteiger charge is 2.54. The Morgan fingerprint density at radius 3 is 1.00 bits per heavy atom. The van der Waals surface area contributed by atoms with Gasteiger partial charge in [0.1, 0.15) is 0 Å². The summed E-state index contributed by atoms with van der Waals surface area (Å²) in [5, 5.41) is 0. The van der Waals surface area contributed by atoms with E-state index in [9.17, 15) is 0 Å². The minimum Gasteiger partial charge on any atom is -0.400 e. The topological polar surface area (TPSA) is 36.9 Å². The van der Waals surface area contributed by atoms with Crippen LogP contribution in [0.4, 0.5) is 0 Å². The molecule has 2 fully saturated rings. The molecule has 2 aliphatic rings. The molecule has 202 valence electrons. The van der Waals surface area contributed by atoms with Gasteiger partial charge in [0.15, 0.2) is 0 Å². The van der Waals surface area contributed by atoms with Crippen LogP contribution < -0.4 is 0 Å². The Morgan fingerprint density at radius 1 is 0.500 bits per heavy atom. The molecule has 2 heterocycles. The van der Waals surface area contributed by atoms with Crippen molar-refractivity contribution in [2.45, 2.75) is 104 Å². The van der Waals surface area contributed by atoms with E-state index in [-0.39, 0.29) is 0 Å². The molecule has 0 bridgehead atoms. The molecule has 38 heavy (non-hydrogen) atoms. The van der Waals surface area contributed by atoms with Crippen molar-refractivity contribution in [2.75, 3.05) is 0 Å². The summed E-state index contributed by atoms with van der Waals surface area (Å²) in [6, 6.07) is 21.2. The van der Waals surface area contributed by atoms with E-state index in [0.29, 0.717) is 0 Å². The summed E-state index contributed by atoms with van der Waals surface area (Å²) in [5.41, 5.74) is 5.01. The standard InChI is InChI=1S/C32H44B2O4/c1-11-25(33-35-29(3,4)30(5,6)36-33)27(23-19-15-13-16-20-23)28(24-21-17-14-18-22-24)26(12-2)34-37-31(7,8)32(9,10)38-34/h13-22H,11-12H2,1-10H3/b27-25+,28-26+. The first kappa shape index (κ1) is 28.9. The van der Waals surface area contributed by atoms with Crippen LogP contribution in [-0.2, 0) is 18.6 Å². The maximum absolute atomic E-state index is 6.65. The predicted octanol–water partition coefficient (Wildman–Crippen LogP) is 7.98. The number of rotatable bonds is 7. The van der Waals surface area contributed by atoms with Crippen molar-refractivity contribution in [3.8, 4) is 0 Å². The number of hydrogen-bond donors (Lipinski definition) is 0. The van der Waals surface area contributed by atoms with Gasteiger partial charge in [-0.3, -0.25) is 0 Å². The van der Waals surface area contributed by atoms with Crippen molar-refractivity contribution >= 4 is 25.4 Å². The zero-order chi connectivity index (χ0) is 27.9. The SMILES string of the molecule is CC/C(B1OC(C)(C)C(C)(C)O1)=C(\C(=C(/CC)B1OC(C)(C)C(C)(C)O1)c1ccccc1)c1ccccc1. The molecule has 0 aromatic heterocycles. The van der Waals surface area contributed by atoms with Crippen LogP contribution in [-0.4, -0.2) is 36.6 Å². The number of benzene rings is 2. The molecule has 0 amide bonds. The van der Waals surface area contributed by atoms with Gasteiger partial charge in [0.2, 0.25) is 0 Å². The molecule has 0 saturated carbocycles. The van der Waals surface area contributed by atoms with Crippen LogP contribution in [0.15, 0.2) is 71.6 Å². The largest absolute Gasteiger partial charge is 0.491 e. The molecule has 0 radical (unpaired) electrons. The molecule has 4 nitrogen and oxygen atoms in total. The molecular weight excluding hydrogens is 470 g/mol. The number of hydrogen-bond acceptors (Lipinski definition) is 4. The van der Waals surface area contributed by atoms with E-state index in [1.165, 1.54) is 0 Å². The van der Waals surface area contributed by atoms with Gasteiger partial charge in [0, 0.05) is 0 Å². The van der Waals surface area contributed by atoms with Crippen LogP contribution >= 0.6 is 0 Å². The van der Waals surface area contributed by atoms with Crippen LogP contribution in [0.2, 0.25) is 0 Å². The first-order chi connectivity index (χ1) is 17.7. The maximum atomic E-state index is 6.65. The Hall–Kier alpha value is -2.11. The quantitative estimate of drug-likeness (QED) is 0.277. The molecule has 2 aliphatic heterocycles. The lowest BCUT2D eigenvalue weighted by atomic mass is 9.65. The van der Waals surface area contributed by atoms with Crippen molar-refractivity contribution in [1.82, 2.24) is 0 Å². The Bertz CT molecular complexity index is 1070. The highest BCUT2D eigenvalue weighted by molar-refractivity contribution is 6.60. The fraction of sp³-hybridized carbons (Fsp3) is 0.500. The second-order valence-electron chi connectivity index (χ2n) is 12.4. The van der Waals surface area contributed by atoms with Crippen molar-refractivity contribution < 1.29 is 18.6 Å². The van der Waals surface area contributed by atoms with E-state index < -0.39 is 36.6 Å². The van der Waals surface area contributed by atoms with E-state index in [1.807, 2.05) is 0 Å². The molecular formula is C32H44B2O4. The lowest BCUT2D eigenvalue weighted by Gasteiger charge is -2.32. The predicted molar refractivity (Wildman–Crippen MR) is 159 cm³/mol. The van der Waals surface area contributed by atoms with Gasteiger partial charge >= 0.3 is 14.2 Å². The van der Waals surface area contributed by atoms with Crippen LogP contribution in [0.1, 0.15) is 93.2 Å². The average Bonchev–Trinajstić information content (AvgIpc) is 3.21. The van der Waals surface area contributed by atoms with Gasteiger partial charge in [0.25, 0.3) is 0 Å². The minimum atomic E-state index is -0.463. The Morgan fingerprint density at radius 2 is 0.763 bits per heavy atom. The second kappa shape index (κ2) is 10.5. The molecule has 4 rings (SSSR count). The summed E-state index contributed by atoms with van der Waals surface area (Å²) >= 11 is 0. The summed E-state index contributed by atoms with van der Waals surface area (Å²) in [7, 11) is -0.925. The second-order valence-corrected chi connectivity index (χ2v) is 12.4. The van der Waals surface area contributed by atoms with Crippen LogP contribution in [0.25, 0.3) is 11.1 Å². The zero-order valence-corrected chi connectivity index (χ0v) is 25.0. The average molecular weight is 514 g/mol. The molecule has 0 N–H and O–H groups in total. The van der Waals surface area contributed by atoms with Gasteiger partial charge in [-0.05, 0) is 101 Å². The minimum absolute atomic E-state index is 0.435. The molecule has 0 atom stereocenters.